The number of hydrogen-bond donors (Lipinski definition) is 1. The van der Waals surface area contributed by atoms with E-state index in [1.54, 1.807) is 0 Å². The summed E-state index contributed by atoms with van der Waals surface area (Å²) in [6.45, 7) is 8.25. The van der Waals surface area contributed by atoms with Crippen molar-refractivity contribution in [2.24, 2.45) is 5.92 Å². The Morgan fingerprint density at radius 1 is 1.42 bits per heavy atom. The average Bonchev–Trinajstić information content (AvgIpc) is 2.37. The standard InChI is InChI=1S/C16H23NO2/c1-11-5-4-6-15(13(11)3)10-17-8-7-14(16(18)19)9-12(17)2/h4-6,12,14H,7-10H2,1-3H3,(H,18,19). The second-order valence-electron chi connectivity index (χ2n) is 5.74. The fraction of sp³-hybridized carbons (Fsp3) is 0.562. The first-order valence-corrected chi connectivity index (χ1v) is 7.01. The second kappa shape index (κ2) is 5.74. The van der Waals surface area contributed by atoms with Crippen molar-refractivity contribution in [3.8, 4) is 0 Å². The number of benzene rings is 1. The van der Waals surface area contributed by atoms with E-state index in [-0.39, 0.29) is 5.92 Å². The van der Waals surface area contributed by atoms with Crippen LogP contribution in [-0.2, 0) is 11.3 Å². The molecule has 19 heavy (non-hydrogen) atoms. The van der Waals surface area contributed by atoms with Crippen LogP contribution in [0.3, 0.4) is 0 Å². The second-order valence-corrected chi connectivity index (χ2v) is 5.74. The highest BCUT2D eigenvalue weighted by molar-refractivity contribution is 5.70. The quantitative estimate of drug-likeness (QED) is 0.909. The Morgan fingerprint density at radius 3 is 2.79 bits per heavy atom. The summed E-state index contributed by atoms with van der Waals surface area (Å²) in [4.78, 5) is 13.4. The lowest BCUT2D eigenvalue weighted by molar-refractivity contribution is -0.144. The largest absolute Gasteiger partial charge is 0.481 e. The zero-order valence-corrected chi connectivity index (χ0v) is 12.0. The molecule has 3 heteroatoms. The van der Waals surface area contributed by atoms with Gasteiger partial charge < -0.3 is 5.11 Å². The molecule has 1 aliphatic rings. The number of carboxylic acid groups (broad SMARTS) is 1. The Labute approximate surface area is 115 Å². The highest BCUT2D eigenvalue weighted by atomic mass is 16.4. The number of piperidine rings is 1. The summed E-state index contributed by atoms with van der Waals surface area (Å²) in [5.74, 6) is -0.803. The van der Waals surface area contributed by atoms with Gasteiger partial charge in [-0.05, 0) is 56.8 Å². The lowest BCUT2D eigenvalue weighted by Crippen LogP contribution is -2.42. The van der Waals surface area contributed by atoms with Crippen LogP contribution in [0.15, 0.2) is 18.2 Å². The van der Waals surface area contributed by atoms with Crippen molar-refractivity contribution in [1.29, 1.82) is 0 Å². The molecule has 1 aliphatic heterocycles. The molecule has 1 fully saturated rings. The third-order valence-electron chi connectivity index (χ3n) is 4.45. The van der Waals surface area contributed by atoms with Gasteiger partial charge in [0.2, 0.25) is 0 Å². The van der Waals surface area contributed by atoms with Crippen LogP contribution in [0.5, 0.6) is 0 Å². The molecule has 1 heterocycles. The maximum Gasteiger partial charge on any atom is 0.306 e. The van der Waals surface area contributed by atoms with Crippen molar-refractivity contribution in [2.75, 3.05) is 6.54 Å². The SMILES string of the molecule is Cc1cccc(CN2CCC(C(=O)O)CC2C)c1C. The first-order valence-electron chi connectivity index (χ1n) is 7.01. The Bertz CT molecular complexity index is 470. The smallest absolute Gasteiger partial charge is 0.306 e. The average molecular weight is 261 g/mol. The summed E-state index contributed by atoms with van der Waals surface area (Å²) in [6.07, 6.45) is 1.53. The molecule has 0 saturated carbocycles. The summed E-state index contributed by atoms with van der Waals surface area (Å²) in [7, 11) is 0. The molecule has 1 saturated heterocycles. The van der Waals surface area contributed by atoms with Crippen LogP contribution in [0.25, 0.3) is 0 Å². The molecule has 104 valence electrons. The highest BCUT2D eigenvalue weighted by Gasteiger charge is 2.29. The monoisotopic (exact) mass is 261 g/mol. The van der Waals surface area contributed by atoms with Gasteiger partial charge >= 0.3 is 5.97 Å². The summed E-state index contributed by atoms with van der Waals surface area (Å²) in [5, 5.41) is 9.09. The van der Waals surface area contributed by atoms with Gasteiger partial charge in [-0.25, -0.2) is 0 Å². The minimum atomic E-state index is -0.641. The topological polar surface area (TPSA) is 40.5 Å². The third-order valence-corrected chi connectivity index (χ3v) is 4.45. The van der Waals surface area contributed by atoms with Gasteiger partial charge in [0, 0.05) is 12.6 Å². The van der Waals surface area contributed by atoms with Gasteiger partial charge in [-0.2, -0.15) is 0 Å². The molecule has 0 aliphatic carbocycles. The van der Waals surface area contributed by atoms with Gasteiger partial charge in [0.1, 0.15) is 0 Å². The van der Waals surface area contributed by atoms with Crippen molar-refractivity contribution in [3.05, 3.63) is 34.9 Å². The molecule has 2 atom stereocenters. The fourth-order valence-corrected chi connectivity index (χ4v) is 2.88. The van der Waals surface area contributed by atoms with Crippen molar-refractivity contribution < 1.29 is 9.90 Å². The molecule has 2 unspecified atom stereocenters. The molecule has 0 bridgehead atoms. The van der Waals surface area contributed by atoms with Crippen molar-refractivity contribution >= 4 is 5.97 Å². The molecule has 1 N–H and O–H groups in total. The van der Waals surface area contributed by atoms with Gasteiger partial charge in [0.25, 0.3) is 0 Å². The Morgan fingerprint density at radius 2 is 2.16 bits per heavy atom. The summed E-state index contributed by atoms with van der Waals surface area (Å²) < 4.78 is 0. The van der Waals surface area contributed by atoms with Crippen LogP contribution in [0.1, 0.15) is 36.5 Å². The molecule has 0 aromatic heterocycles. The van der Waals surface area contributed by atoms with Crippen LogP contribution in [0.4, 0.5) is 0 Å². The van der Waals surface area contributed by atoms with E-state index < -0.39 is 5.97 Å². The first kappa shape index (κ1) is 14.1. The van der Waals surface area contributed by atoms with E-state index in [2.05, 4.69) is 43.9 Å². The van der Waals surface area contributed by atoms with E-state index in [9.17, 15) is 4.79 Å². The van der Waals surface area contributed by atoms with E-state index in [4.69, 9.17) is 5.11 Å². The summed E-state index contributed by atoms with van der Waals surface area (Å²) in [6, 6.07) is 6.76. The van der Waals surface area contributed by atoms with E-state index in [1.165, 1.54) is 16.7 Å². The molecular weight excluding hydrogens is 238 g/mol. The number of aliphatic carboxylic acids is 1. The Kier molecular flexibility index (Phi) is 4.25. The fourth-order valence-electron chi connectivity index (χ4n) is 2.88. The number of hydrogen-bond acceptors (Lipinski definition) is 2. The summed E-state index contributed by atoms with van der Waals surface area (Å²) in [5.41, 5.74) is 4.04. The number of likely N-dealkylation sites (tertiary alicyclic amines) is 1. The van der Waals surface area contributed by atoms with Crippen LogP contribution in [-0.4, -0.2) is 28.6 Å². The molecule has 2 rings (SSSR count). The molecule has 0 radical (unpaired) electrons. The molecule has 0 spiro atoms. The van der Waals surface area contributed by atoms with Crippen LogP contribution in [0.2, 0.25) is 0 Å². The number of carboxylic acids is 1. The molecule has 1 aromatic rings. The molecule has 0 amide bonds. The molecule has 1 aromatic carbocycles. The van der Waals surface area contributed by atoms with E-state index in [0.29, 0.717) is 6.04 Å². The predicted molar refractivity (Wildman–Crippen MR) is 76.1 cm³/mol. The van der Waals surface area contributed by atoms with Gasteiger partial charge in [-0.1, -0.05) is 18.2 Å². The van der Waals surface area contributed by atoms with E-state index in [0.717, 1.165) is 25.9 Å². The normalized spacial score (nSPS) is 24.4. The number of carbonyl (C=O) groups is 1. The van der Waals surface area contributed by atoms with Gasteiger partial charge in [0.05, 0.1) is 5.92 Å². The van der Waals surface area contributed by atoms with Crippen molar-refractivity contribution in [2.45, 2.75) is 46.2 Å². The van der Waals surface area contributed by atoms with Crippen molar-refractivity contribution in [3.63, 3.8) is 0 Å². The van der Waals surface area contributed by atoms with Crippen LogP contribution < -0.4 is 0 Å². The minimum Gasteiger partial charge on any atom is -0.481 e. The minimum absolute atomic E-state index is 0.162. The highest BCUT2D eigenvalue weighted by Crippen LogP contribution is 2.25. The Hall–Kier alpha value is -1.35. The lowest BCUT2D eigenvalue weighted by Gasteiger charge is -2.36. The third kappa shape index (κ3) is 3.16. The zero-order valence-electron chi connectivity index (χ0n) is 12.0. The van der Waals surface area contributed by atoms with Crippen LogP contribution >= 0.6 is 0 Å². The van der Waals surface area contributed by atoms with Gasteiger partial charge in [0.15, 0.2) is 0 Å². The predicted octanol–water partition coefficient (Wildman–Crippen LogP) is 2.99. The number of rotatable bonds is 3. The maximum atomic E-state index is 11.0. The van der Waals surface area contributed by atoms with Crippen LogP contribution in [0, 0.1) is 19.8 Å². The van der Waals surface area contributed by atoms with E-state index in [1.807, 2.05) is 0 Å². The molecule has 3 nitrogen and oxygen atoms in total. The first-order chi connectivity index (χ1) is 8.99. The zero-order chi connectivity index (χ0) is 14.0. The van der Waals surface area contributed by atoms with Gasteiger partial charge in [-0.3, -0.25) is 9.69 Å². The summed E-state index contributed by atoms with van der Waals surface area (Å²) >= 11 is 0. The molecular formula is C16H23NO2. The lowest BCUT2D eigenvalue weighted by atomic mass is 9.91. The number of aryl methyl sites for hydroxylation is 1. The number of nitrogens with zero attached hydrogens (tertiary/aromatic N) is 1. The maximum absolute atomic E-state index is 11.0. The Balaban J connectivity index is 2.04. The van der Waals surface area contributed by atoms with Gasteiger partial charge in [-0.15, -0.1) is 0 Å². The van der Waals surface area contributed by atoms with E-state index >= 15 is 0 Å². The van der Waals surface area contributed by atoms with Crippen molar-refractivity contribution in [1.82, 2.24) is 4.90 Å².